The quantitative estimate of drug-likeness (QED) is 0.310. The van der Waals surface area contributed by atoms with Crippen LogP contribution in [0.5, 0.6) is 17.2 Å². The summed E-state index contributed by atoms with van der Waals surface area (Å²) in [6, 6.07) is 13.5. The Morgan fingerprint density at radius 2 is 1.86 bits per heavy atom. The van der Waals surface area contributed by atoms with E-state index in [0.29, 0.717) is 16.7 Å². The second-order valence-corrected chi connectivity index (χ2v) is 8.16. The maximum Gasteiger partial charge on any atom is 0.341 e. The summed E-state index contributed by atoms with van der Waals surface area (Å²) in [4.78, 5) is 36.6. The van der Waals surface area contributed by atoms with Gasteiger partial charge in [-0.25, -0.2) is 9.18 Å². The molecule has 1 aliphatic heterocycles. The van der Waals surface area contributed by atoms with Crippen molar-refractivity contribution in [1.82, 2.24) is 0 Å². The average Bonchev–Trinajstić information content (AvgIpc) is 2.87. The minimum Gasteiger partial charge on any atom is -0.493 e. The molecule has 4 aromatic rings. The van der Waals surface area contributed by atoms with Crippen molar-refractivity contribution in [3.63, 3.8) is 0 Å². The van der Waals surface area contributed by atoms with Crippen LogP contribution in [0.2, 0.25) is 0 Å². The van der Waals surface area contributed by atoms with Gasteiger partial charge in [0.05, 0.1) is 24.5 Å². The fourth-order valence-corrected chi connectivity index (χ4v) is 4.33. The van der Waals surface area contributed by atoms with E-state index in [0.717, 1.165) is 0 Å². The van der Waals surface area contributed by atoms with E-state index in [1.807, 2.05) is 0 Å². The molecule has 1 aromatic heterocycles. The van der Waals surface area contributed by atoms with Gasteiger partial charge in [0.1, 0.15) is 23.4 Å². The molecule has 0 unspecified atom stereocenters. The van der Waals surface area contributed by atoms with Gasteiger partial charge in [-0.3, -0.25) is 9.59 Å². The van der Waals surface area contributed by atoms with Crippen molar-refractivity contribution >= 4 is 22.9 Å². The van der Waals surface area contributed by atoms with Crippen LogP contribution >= 0.6 is 0 Å². The molecule has 0 spiro atoms. The number of methoxy groups -OCH3 is 1. The molecule has 0 fully saturated rings. The lowest BCUT2D eigenvalue weighted by molar-refractivity contribution is -0.139. The Kier molecular flexibility index (Phi) is 5.89. The summed E-state index contributed by atoms with van der Waals surface area (Å²) in [6.45, 7) is -0.541. The number of carboxylic acids is 1. The van der Waals surface area contributed by atoms with Crippen LogP contribution in [0.4, 0.5) is 4.39 Å². The Hall–Kier alpha value is -4.66. The Bertz CT molecular complexity index is 1560. The number of aliphatic carboxylic acids is 1. The minimum absolute atomic E-state index is 0.0198. The van der Waals surface area contributed by atoms with Crippen molar-refractivity contribution < 1.29 is 37.7 Å². The Morgan fingerprint density at radius 3 is 2.58 bits per heavy atom. The predicted octanol–water partition coefficient (Wildman–Crippen LogP) is 4.51. The molecule has 0 saturated carbocycles. The highest BCUT2D eigenvalue weighted by Crippen LogP contribution is 2.44. The highest BCUT2D eigenvalue weighted by molar-refractivity contribution is 5.90. The van der Waals surface area contributed by atoms with E-state index >= 15 is 0 Å². The van der Waals surface area contributed by atoms with Gasteiger partial charge < -0.3 is 23.7 Å². The molecule has 182 valence electrons. The van der Waals surface area contributed by atoms with Gasteiger partial charge in [0.2, 0.25) is 5.43 Å². The third-order valence-corrected chi connectivity index (χ3v) is 5.98. The van der Waals surface area contributed by atoms with Crippen molar-refractivity contribution in [1.29, 1.82) is 0 Å². The van der Waals surface area contributed by atoms with Gasteiger partial charge in [-0.15, -0.1) is 0 Å². The normalized spacial score (nSPS) is 14.7. The van der Waals surface area contributed by atoms with E-state index in [2.05, 4.69) is 0 Å². The van der Waals surface area contributed by atoms with Crippen molar-refractivity contribution in [3.05, 3.63) is 88.0 Å². The first kappa shape index (κ1) is 23.1. The monoisotopic (exact) mass is 490 g/mol. The maximum atomic E-state index is 13.4. The summed E-state index contributed by atoms with van der Waals surface area (Å²) in [5.41, 5.74) is 1.92. The SMILES string of the molecule is COc1cc([C@H]2CC(=O)Oc3ccc4c(=O)c(-c5ccc(F)cc5)coc4c32)ccc1OCC(=O)O. The van der Waals surface area contributed by atoms with Crippen molar-refractivity contribution in [3.8, 4) is 28.4 Å². The van der Waals surface area contributed by atoms with Gasteiger partial charge in [-0.2, -0.15) is 0 Å². The molecule has 0 saturated heterocycles. The van der Waals surface area contributed by atoms with Crippen LogP contribution < -0.4 is 19.6 Å². The zero-order valence-corrected chi connectivity index (χ0v) is 18.9. The van der Waals surface area contributed by atoms with E-state index in [4.69, 9.17) is 23.7 Å². The predicted molar refractivity (Wildman–Crippen MR) is 126 cm³/mol. The van der Waals surface area contributed by atoms with Crippen LogP contribution in [0.25, 0.3) is 22.1 Å². The lowest BCUT2D eigenvalue weighted by atomic mass is 9.85. The molecule has 9 heteroatoms. The van der Waals surface area contributed by atoms with E-state index in [9.17, 15) is 18.8 Å². The topological polar surface area (TPSA) is 112 Å². The fourth-order valence-electron chi connectivity index (χ4n) is 4.33. The second-order valence-electron chi connectivity index (χ2n) is 8.16. The molecule has 1 aliphatic rings. The van der Waals surface area contributed by atoms with Crippen LogP contribution in [0.1, 0.15) is 23.5 Å². The number of carboxylic acid groups (broad SMARTS) is 1. The summed E-state index contributed by atoms with van der Waals surface area (Å²) < 4.78 is 35.4. The Balaban J connectivity index is 1.63. The molecule has 0 bridgehead atoms. The first-order valence-electron chi connectivity index (χ1n) is 10.9. The van der Waals surface area contributed by atoms with Crippen LogP contribution in [0, 0.1) is 5.82 Å². The molecule has 3 aromatic carbocycles. The first-order chi connectivity index (χ1) is 17.4. The lowest BCUT2D eigenvalue weighted by Gasteiger charge is -2.26. The minimum atomic E-state index is -1.13. The Morgan fingerprint density at radius 1 is 1.08 bits per heavy atom. The summed E-state index contributed by atoms with van der Waals surface area (Å²) in [6.07, 6.45) is 1.29. The number of halogens is 1. The largest absolute Gasteiger partial charge is 0.493 e. The number of esters is 1. The van der Waals surface area contributed by atoms with Crippen LogP contribution in [-0.2, 0) is 9.59 Å². The molecule has 1 atom stereocenters. The lowest BCUT2D eigenvalue weighted by Crippen LogP contribution is -2.22. The highest BCUT2D eigenvalue weighted by atomic mass is 19.1. The maximum absolute atomic E-state index is 13.4. The zero-order valence-electron chi connectivity index (χ0n) is 18.9. The average molecular weight is 490 g/mol. The number of ether oxygens (including phenoxy) is 3. The van der Waals surface area contributed by atoms with E-state index in [1.165, 1.54) is 43.7 Å². The van der Waals surface area contributed by atoms with Crippen LogP contribution in [-0.4, -0.2) is 30.8 Å². The van der Waals surface area contributed by atoms with Gasteiger partial charge >= 0.3 is 11.9 Å². The molecule has 0 aliphatic carbocycles. The smallest absolute Gasteiger partial charge is 0.341 e. The van der Waals surface area contributed by atoms with Crippen LogP contribution in [0.3, 0.4) is 0 Å². The number of fused-ring (bicyclic) bond motifs is 3. The summed E-state index contributed by atoms with van der Waals surface area (Å²) in [5.74, 6) is -1.75. The third kappa shape index (κ3) is 4.15. The Labute approximate surface area is 203 Å². The fraction of sp³-hybridized carbons (Fsp3) is 0.148. The number of benzene rings is 3. The zero-order chi connectivity index (χ0) is 25.4. The van der Waals surface area contributed by atoms with E-state index < -0.39 is 30.3 Å². The standard InChI is InChI=1S/C27H19FO8/c1-33-22-10-15(4-8-20(22)34-13-23(29)30)18-11-24(31)36-21-9-7-17-26(32)19(12-35-27(17)25(18)21)14-2-5-16(28)6-3-14/h2-10,12,18H,11,13H2,1H3,(H,29,30)/t18-/m1/s1. The molecule has 1 N–H and O–H groups in total. The number of rotatable bonds is 6. The van der Waals surface area contributed by atoms with E-state index in [1.54, 1.807) is 24.3 Å². The van der Waals surface area contributed by atoms with Gasteiger partial charge in [0.15, 0.2) is 18.1 Å². The third-order valence-electron chi connectivity index (χ3n) is 5.98. The number of carbonyl (C=O) groups excluding carboxylic acids is 1. The van der Waals surface area contributed by atoms with E-state index in [-0.39, 0.29) is 45.6 Å². The molecule has 5 rings (SSSR count). The molecule has 2 heterocycles. The summed E-state index contributed by atoms with van der Waals surface area (Å²) in [5, 5.41) is 9.18. The first-order valence-corrected chi connectivity index (χ1v) is 10.9. The summed E-state index contributed by atoms with van der Waals surface area (Å²) in [7, 11) is 1.42. The van der Waals surface area contributed by atoms with Gasteiger partial charge in [0, 0.05) is 11.5 Å². The number of hydrogen-bond acceptors (Lipinski definition) is 7. The highest BCUT2D eigenvalue weighted by Gasteiger charge is 2.32. The molecule has 0 radical (unpaired) electrons. The van der Waals surface area contributed by atoms with Gasteiger partial charge in [-0.05, 0) is 47.5 Å². The van der Waals surface area contributed by atoms with Gasteiger partial charge in [-0.1, -0.05) is 18.2 Å². The van der Waals surface area contributed by atoms with Crippen molar-refractivity contribution in [2.24, 2.45) is 0 Å². The summed E-state index contributed by atoms with van der Waals surface area (Å²) >= 11 is 0. The molecular formula is C27H19FO8. The number of hydrogen-bond donors (Lipinski definition) is 1. The second kappa shape index (κ2) is 9.18. The molecule has 8 nitrogen and oxygen atoms in total. The van der Waals surface area contributed by atoms with Gasteiger partial charge in [0.25, 0.3) is 0 Å². The van der Waals surface area contributed by atoms with Crippen molar-refractivity contribution in [2.45, 2.75) is 12.3 Å². The number of carbonyl (C=O) groups is 2. The van der Waals surface area contributed by atoms with Crippen molar-refractivity contribution in [2.75, 3.05) is 13.7 Å². The van der Waals surface area contributed by atoms with Crippen LogP contribution in [0.15, 0.2) is 70.1 Å². The molecule has 0 amide bonds. The molecule has 36 heavy (non-hydrogen) atoms. The molecular weight excluding hydrogens is 471 g/mol.